The second-order valence-electron chi connectivity index (χ2n) is 9.92. The van der Waals surface area contributed by atoms with E-state index in [-0.39, 0.29) is 28.7 Å². The molecule has 10 nitrogen and oxygen atoms in total. The Balaban J connectivity index is 1.58. The fraction of sp³-hybridized carbons (Fsp3) is 0.167. The van der Waals surface area contributed by atoms with Crippen molar-refractivity contribution in [2.75, 3.05) is 10.2 Å². The van der Waals surface area contributed by atoms with E-state index in [0.29, 0.717) is 38.5 Å². The molecule has 0 unspecified atom stereocenters. The van der Waals surface area contributed by atoms with Crippen LogP contribution in [0, 0.1) is 5.92 Å². The molecule has 1 saturated heterocycles. The first kappa shape index (κ1) is 28.8. The Morgan fingerprint density at radius 2 is 1.74 bits per heavy atom. The SMILES string of the molecule is CC(C)C(=O)Nc1ccc(N2C(=S)N[C@H](c3ccccn3)[C@H]2c2ccc(-c3cc(C(=O)O)cc(C(=O)O)c3)o2)cc1Cl. The first-order valence-electron chi connectivity index (χ1n) is 12.9. The lowest BCUT2D eigenvalue weighted by Gasteiger charge is -2.26. The molecule has 214 valence electrons. The van der Waals surface area contributed by atoms with Gasteiger partial charge < -0.3 is 30.2 Å². The second-order valence-corrected chi connectivity index (χ2v) is 10.7. The zero-order chi connectivity index (χ0) is 30.1. The van der Waals surface area contributed by atoms with Crippen LogP contribution in [0.15, 0.2) is 77.3 Å². The minimum atomic E-state index is -1.26. The van der Waals surface area contributed by atoms with Crippen LogP contribution in [0.3, 0.4) is 0 Å². The number of nitrogens with zero attached hydrogens (tertiary/aromatic N) is 2. The lowest BCUT2D eigenvalue weighted by molar-refractivity contribution is -0.118. The topological polar surface area (TPSA) is 145 Å². The molecule has 42 heavy (non-hydrogen) atoms. The maximum Gasteiger partial charge on any atom is 0.335 e. The highest BCUT2D eigenvalue weighted by Crippen LogP contribution is 2.44. The highest BCUT2D eigenvalue weighted by Gasteiger charge is 2.42. The molecule has 2 aromatic carbocycles. The third kappa shape index (κ3) is 5.69. The van der Waals surface area contributed by atoms with Gasteiger partial charge >= 0.3 is 11.9 Å². The van der Waals surface area contributed by atoms with Crippen molar-refractivity contribution in [3.8, 4) is 11.3 Å². The van der Waals surface area contributed by atoms with Crippen LogP contribution < -0.4 is 15.5 Å². The molecule has 0 aliphatic carbocycles. The van der Waals surface area contributed by atoms with Gasteiger partial charge in [-0.3, -0.25) is 9.78 Å². The van der Waals surface area contributed by atoms with E-state index >= 15 is 0 Å². The van der Waals surface area contributed by atoms with Crippen molar-refractivity contribution in [2.45, 2.75) is 25.9 Å². The first-order valence-corrected chi connectivity index (χ1v) is 13.6. The number of hydrogen-bond acceptors (Lipinski definition) is 6. The number of amides is 1. The summed E-state index contributed by atoms with van der Waals surface area (Å²) in [6.45, 7) is 3.57. The lowest BCUT2D eigenvalue weighted by atomic mass is 10.0. The standard InChI is InChI=1S/C30H25ClN4O6S/c1-15(2)27(36)33-21-7-6-19(14-20(21)31)35-26(25(34-30(35)42)22-5-3-4-10-32-22)24-9-8-23(41-24)16-11-17(28(37)38)13-18(12-16)29(39)40/h3-15,25-26H,1-2H3,(H,33,36)(H,34,42)(H,37,38)(H,39,40)/t25-,26-/m1/s1. The lowest BCUT2D eigenvalue weighted by Crippen LogP contribution is -2.29. The number of carboxylic acid groups (broad SMARTS) is 2. The van der Waals surface area contributed by atoms with Gasteiger partial charge in [0.25, 0.3) is 0 Å². The van der Waals surface area contributed by atoms with Crippen molar-refractivity contribution in [3.05, 3.63) is 101 Å². The molecular weight excluding hydrogens is 580 g/mol. The normalized spacial score (nSPS) is 16.4. The summed E-state index contributed by atoms with van der Waals surface area (Å²) in [5.41, 5.74) is 1.71. The number of benzene rings is 2. The van der Waals surface area contributed by atoms with Crippen molar-refractivity contribution in [3.63, 3.8) is 0 Å². The number of hydrogen-bond donors (Lipinski definition) is 4. The molecule has 5 rings (SSSR count). The largest absolute Gasteiger partial charge is 0.478 e. The van der Waals surface area contributed by atoms with E-state index in [1.54, 1.807) is 56.4 Å². The Morgan fingerprint density at radius 1 is 1.02 bits per heavy atom. The molecule has 0 saturated carbocycles. The van der Waals surface area contributed by atoms with Crippen molar-refractivity contribution in [1.82, 2.24) is 10.3 Å². The van der Waals surface area contributed by atoms with Crippen molar-refractivity contribution in [1.29, 1.82) is 0 Å². The zero-order valence-corrected chi connectivity index (χ0v) is 23.9. The number of pyridine rings is 1. The number of anilines is 2. The molecule has 1 fully saturated rings. The molecule has 12 heteroatoms. The van der Waals surface area contributed by atoms with Crippen LogP contribution in [0.4, 0.5) is 11.4 Å². The molecular formula is C30H25ClN4O6S. The van der Waals surface area contributed by atoms with E-state index in [0.717, 1.165) is 6.07 Å². The van der Waals surface area contributed by atoms with Gasteiger partial charge in [-0.05, 0) is 72.9 Å². The van der Waals surface area contributed by atoms with Crippen molar-refractivity contribution in [2.24, 2.45) is 5.92 Å². The maximum absolute atomic E-state index is 12.2. The molecule has 1 aliphatic heterocycles. The number of aromatic carboxylic acids is 2. The molecule has 1 amide bonds. The molecule has 1 aliphatic rings. The Morgan fingerprint density at radius 3 is 2.33 bits per heavy atom. The first-order chi connectivity index (χ1) is 20.0. The molecule has 0 spiro atoms. The predicted molar refractivity (Wildman–Crippen MR) is 161 cm³/mol. The zero-order valence-electron chi connectivity index (χ0n) is 22.4. The average Bonchev–Trinajstić information content (AvgIpc) is 3.59. The highest BCUT2D eigenvalue weighted by atomic mass is 35.5. The van der Waals surface area contributed by atoms with Gasteiger partial charge in [-0.15, -0.1) is 0 Å². The summed E-state index contributed by atoms with van der Waals surface area (Å²) in [6, 6.07) is 16.8. The fourth-order valence-electron chi connectivity index (χ4n) is 4.64. The Labute approximate surface area is 250 Å². The molecule has 0 radical (unpaired) electrons. The van der Waals surface area contributed by atoms with Crippen LogP contribution in [0.1, 0.15) is 58.1 Å². The summed E-state index contributed by atoms with van der Waals surface area (Å²) in [6.07, 6.45) is 1.67. The van der Waals surface area contributed by atoms with Gasteiger partial charge in [0.1, 0.15) is 17.6 Å². The summed E-state index contributed by atoms with van der Waals surface area (Å²) in [4.78, 5) is 41.9. The van der Waals surface area contributed by atoms with Gasteiger partial charge in [-0.2, -0.15) is 0 Å². The van der Waals surface area contributed by atoms with Crippen LogP contribution in [0.5, 0.6) is 0 Å². The number of thiocarbonyl (C=S) groups is 1. The number of nitrogens with one attached hydrogen (secondary N) is 2. The minimum Gasteiger partial charge on any atom is -0.478 e. The van der Waals surface area contributed by atoms with Crippen LogP contribution >= 0.6 is 23.8 Å². The monoisotopic (exact) mass is 604 g/mol. The van der Waals surface area contributed by atoms with Gasteiger partial charge in [-0.1, -0.05) is 31.5 Å². The van der Waals surface area contributed by atoms with Gasteiger partial charge in [0.15, 0.2) is 5.11 Å². The van der Waals surface area contributed by atoms with Crippen molar-refractivity contribution < 1.29 is 29.0 Å². The number of halogens is 1. The Bertz CT molecular complexity index is 1670. The number of aromatic nitrogens is 1. The summed E-state index contributed by atoms with van der Waals surface area (Å²) in [7, 11) is 0. The molecule has 2 atom stereocenters. The smallest absolute Gasteiger partial charge is 0.335 e. The van der Waals surface area contributed by atoms with Gasteiger partial charge in [-0.25, -0.2) is 9.59 Å². The Hall–Kier alpha value is -4.74. The summed E-state index contributed by atoms with van der Waals surface area (Å²) in [5, 5.41) is 25.8. The fourth-order valence-corrected chi connectivity index (χ4v) is 5.21. The summed E-state index contributed by atoms with van der Waals surface area (Å²) < 4.78 is 6.26. The van der Waals surface area contributed by atoms with Crippen molar-refractivity contribution >= 4 is 58.2 Å². The molecule has 0 bridgehead atoms. The third-order valence-corrected chi connectivity index (χ3v) is 7.37. The summed E-state index contributed by atoms with van der Waals surface area (Å²) in [5.74, 6) is -2.19. The minimum absolute atomic E-state index is 0.169. The molecule has 2 aromatic heterocycles. The molecule has 3 heterocycles. The van der Waals surface area contributed by atoms with Gasteiger partial charge in [0.05, 0.1) is 33.6 Å². The average molecular weight is 605 g/mol. The number of carbonyl (C=O) groups excluding carboxylic acids is 1. The number of carbonyl (C=O) groups is 3. The van der Waals surface area contributed by atoms with E-state index in [9.17, 15) is 24.6 Å². The van der Waals surface area contributed by atoms with Crippen LogP contribution in [-0.2, 0) is 4.79 Å². The second kappa shape index (κ2) is 11.6. The van der Waals surface area contributed by atoms with Gasteiger partial charge in [0, 0.05) is 23.4 Å². The predicted octanol–water partition coefficient (Wildman–Crippen LogP) is 6.16. The Kier molecular flexibility index (Phi) is 7.97. The number of furan rings is 1. The van der Waals surface area contributed by atoms with E-state index in [1.807, 2.05) is 17.0 Å². The highest BCUT2D eigenvalue weighted by molar-refractivity contribution is 7.80. The van der Waals surface area contributed by atoms with E-state index in [4.69, 9.17) is 28.2 Å². The van der Waals surface area contributed by atoms with Crippen LogP contribution in [0.25, 0.3) is 11.3 Å². The third-order valence-electron chi connectivity index (χ3n) is 6.74. The van der Waals surface area contributed by atoms with E-state index < -0.39 is 24.0 Å². The van der Waals surface area contributed by atoms with E-state index in [1.165, 1.54) is 12.1 Å². The number of rotatable bonds is 8. The molecule has 4 aromatic rings. The van der Waals surface area contributed by atoms with Crippen LogP contribution in [0.2, 0.25) is 5.02 Å². The molecule has 4 N–H and O–H groups in total. The maximum atomic E-state index is 12.2. The van der Waals surface area contributed by atoms with Crippen LogP contribution in [-0.4, -0.2) is 38.2 Å². The quantitative estimate of drug-likeness (QED) is 0.172. The summed E-state index contributed by atoms with van der Waals surface area (Å²) >= 11 is 12.3. The van der Waals surface area contributed by atoms with E-state index in [2.05, 4.69) is 15.6 Å². The van der Waals surface area contributed by atoms with Gasteiger partial charge in [0.2, 0.25) is 5.91 Å². The number of carboxylic acids is 2.